The molecule has 13 heteroatoms. The van der Waals surface area contributed by atoms with Crippen LogP contribution in [0.25, 0.3) is 27.6 Å². The fourth-order valence-electron chi connectivity index (χ4n) is 6.08. The predicted octanol–water partition coefficient (Wildman–Crippen LogP) is 4.53. The maximum absolute atomic E-state index is 6.25. The van der Waals surface area contributed by atoms with E-state index in [1.54, 1.807) is 31.9 Å². The molecule has 3 aromatic heterocycles. The van der Waals surface area contributed by atoms with Crippen LogP contribution in [0.5, 0.6) is 5.75 Å². The zero-order valence-electron chi connectivity index (χ0n) is 25.5. The molecule has 2 aromatic carbocycles. The molecule has 0 spiro atoms. The normalized spacial score (nSPS) is 15.3. The smallest absolute Gasteiger partial charge is 0.231 e. The molecule has 0 radical (unpaired) electrons. The topological polar surface area (TPSA) is 151 Å². The van der Waals surface area contributed by atoms with E-state index < -0.39 is 7.92 Å². The third kappa shape index (κ3) is 5.40. The highest BCUT2D eigenvalue weighted by Gasteiger charge is 2.29. The summed E-state index contributed by atoms with van der Waals surface area (Å²) >= 11 is 0. The van der Waals surface area contributed by atoms with Gasteiger partial charge in [0.15, 0.2) is 0 Å². The second-order valence-corrected chi connectivity index (χ2v) is 13.2. The highest BCUT2D eigenvalue weighted by Crippen LogP contribution is 2.46. The van der Waals surface area contributed by atoms with Crippen LogP contribution in [-0.4, -0.2) is 84.4 Å². The molecule has 0 atom stereocenters. The van der Waals surface area contributed by atoms with Gasteiger partial charge in [-0.1, -0.05) is 7.92 Å². The molecular weight excluding hydrogens is 587 g/mol. The number of benzene rings is 2. The van der Waals surface area contributed by atoms with Gasteiger partial charge in [0, 0.05) is 85.3 Å². The zero-order valence-corrected chi connectivity index (χ0v) is 26.4. The Bertz CT molecular complexity index is 1950. The van der Waals surface area contributed by atoms with Gasteiger partial charge in [0.05, 0.1) is 47.6 Å². The fraction of sp³-hybridized carbons (Fsp3) is 0.281. The quantitative estimate of drug-likeness (QED) is 0.144. The Morgan fingerprint density at radius 2 is 1.91 bits per heavy atom. The molecule has 12 nitrogen and oxygen atoms in total. The number of fused-ring (bicyclic) bond motifs is 3. The minimum absolute atomic E-state index is 0.426. The van der Waals surface area contributed by atoms with Gasteiger partial charge in [-0.2, -0.15) is 9.97 Å². The summed E-state index contributed by atoms with van der Waals surface area (Å²) in [6.45, 7) is 7.93. The maximum atomic E-state index is 6.25. The molecule has 7 rings (SSSR count). The SMILES string of the molecule is CN=CC(=CN)c1cc(Nc2nc(Nc3ccc4nccnc4c3P(C)C)c3cc[nH]c3n2)c2c(c1N1CCOCC1)CCO2. The number of H-pyrrole nitrogens is 1. The molecular formula is C32H35N10O2P. The minimum Gasteiger partial charge on any atom is -0.491 e. The first-order chi connectivity index (χ1) is 22.1. The van der Waals surface area contributed by atoms with Crippen LogP contribution in [0.15, 0.2) is 54.0 Å². The summed E-state index contributed by atoms with van der Waals surface area (Å²) in [6, 6.07) is 8.07. The van der Waals surface area contributed by atoms with Crippen LogP contribution in [0, 0.1) is 0 Å². The standard InChI is InChI=1S/C32H35N10O2P/c1-34-18-19(17-33)22-16-25(28-20(7-13-44-28)27(22)42-11-14-43-15-12-42)39-32-40-30-21(6-8-37-30)31(41-32)38-24-5-4-23-26(29(24)45(2)3)36-10-9-35-23/h4-6,8-10,16-18H,7,11-15,33H2,1-3H3,(H3,37,38,39,40,41). The second-order valence-electron chi connectivity index (χ2n) is 11.0. The highest BCUT2D eigenvalue weighted by atomic mass is 31.1. The van der Waals surface area contributed by atoms with Crippen molar-refractivity contribution in [1.82, 2.24) is 24.9 Å². The summed E-state index contributed by atoms with van der Waals surface area (Å²) in [4.78, 5) is 28.9. The number of ether oxygens (including phenoxy) is 2. The molecule has 2 aliphatic rings. The number of aliphatic imine (C=N–C) groups is 1. The fourth-order valence-corrected chi connectivity index (χ4v) is 7.29. The van der Waals surface area contributed by atoms with Crippen molar-refractivity contribution in [3.63, 3.8) is 0 Å². The molecule has 0 aliphatic carbocycles. The average molecular weight is 623 g/mol. The lowest BCUT2D eigenvalue weighted by Gasteiger charge is -2.33. The molecule has 5 heterocycles. The van der Waals surface area contributed by atoms with Crippen molar-refractivity contribution < 1.29 is 9.47 Å². The number of anilines is 5. The van der Waals surface area contributed by atoms with Crippen LogP contribution >= 0.6 is 7.92 Å². The van der Waals surface area contributed by atoms with Gasteiger partial charge in [0.2, 0.25) is 5.95 Å². The van der Waals surface area contributed by atoms with Crippen LogP contribution in [0.2, 0.25) is 0 Å². The first-order valence-electron chi connectivity index (χ1n) is 14.9. The van der Waals surface area contributed by atoms with Crippen LogP contribution < -0.4 is 31.3 Å². The number of nitrogens with one attached hydrogen (secondary N) is 3. The second kappa shape index (κ2) is 12.3. The van der Waals surface area contributed by atoms with Gasteiger partial charge in [-0.05, 0) is 37.6 Å². The van der Waals surface area contributed by atoms with Crippen molar-refractivity contribution in [1.29, 1.82) is 0 Å². The van der Waals surface area contributed by atoms with Gasteiger partial charge in [-0.25, -0.2) is 0 Å². The van der Waals surface area contributed by atoms with E-state index in [0.717, 1.165) is 80.7 Å². The van der Waals surface area contributed by atoms with E-state index in [2.05, 4.69) is 60.9 Å². The third-order valence-electron chi connectivity index (χ3n) is 8.01. The summed E-state index contributed by atoms with van der Waals surface area (Å²) in [6.07, 6.45) is 9.49. The van der Waals surface area contributed by atoms with Gasteiger partial charge >= 0.3 is 0 Å². The van der Waals surface area contributed by atoms with Gasteiger partial charge in [-0.3, -0.25) is 15.0 Å². The summed E-state index contributed by atoms with van der Waals surface area (Å²) in [5, 5.41) is 9.11. The molecule has 230 valence electrons. The number of nitrogens with zero attached hydrogens (tertiary/aromatic N) is 6. The Morgan fingerprint density at radius 1 is 1.07 bits per heavy atom. The van der Waals surface area contributed by atoms with E-state index in [1.807, 2.05) is 18.3 Å². The predicted molar refractivity (Wildman–Crippen MR) is 184 cm³/mol. The van der Waals surface area contributed by atoms with Crippen LogP contribution in [0.1, 0.15) is 11.1 Å². The van der Waals surface area contributed by atoms with Crippen molar-refractivity contribution in [2.45, 2.75) is 6.42 Å². The van der Waals surface area contributed by atoms with Crippen LogP contribution in [0.4, 0.5) is 28.8 Å². The lowest BCUT2D eigenvalue weighted by molar-refractivity contribution is 0.122. The number of allylic oxidation sites excluding steroid dienone is 1. The lowest BCUT2D eigenvalue weighted by Crippen LogP contribution is -2.37. The highest BCUT2D eigenvalue weighted by molar-refractivity contribution is 7.65. The third-order valence-corrected chi connectivity index (χ3v) is 9.36. The minimum atomic E-state index is -0.505. The molecule has 1 saturated heterocycles. The van der Waals surface area contributed by atoms with Gasteiger partial charge in [0.25, 0.3) is 0 Å². The van der Waals surface area contributed by atoms with Gasteiger partial charge in [0.1, 0.15) is 17.2 Å². The molecule has 5 aromatic rings. The van der Waals surface area contributed by atoms with E-state index in [0.29, 0.717) is 37.2 Å². The van der Waals surface area contributed by atoms with Crippen molar-refractivity contribution in [3.05, 3.63) is 60.2 Å². The largest absolute Gasteiger partial charge is 0.491 e. The van der Waals surface area contributed by atoms with E-state index in [-0.39, 0.29) is 0 Å². The van der Waals surface area contributed by atoms with Crippen LogP contribution in [0.3, 0.4) is 0 Å². The number of nitrogens with two attached hydrogens (primary N) is 1. The molecule has 5 N–H and O–H groups in total. The molecule has 0 unspecified atom stereocenters. The number of hydrogen-bond acceptors (Lipinski definition) is 11. The molecule has 0 saturated carbocycles. The maximum Gasteiger partial charge on any atom is 0.231 e. The summed E-state index contributed by atoms with van der Waals surface area (Å²) < 4.78 is 11.9. The number of aromatic amines is 1. The van der Waals surface area contributed by atoms with E-state index in [9.17, 15) is 0 Å². The Balaban J connectivity index is 1.32. The Morgan fingerprint density at radius 3 is 2.71 bits per heavy atom. The Kier molecular flexibility index (Phi) is 7.91. The molecule has 2 aliphatic heterocycles. The van der Waals surface area contributed by atoms with Gasteiger partial charge < -0.3 is 35.7 Å². The number of hydrogen-bond donors (Lipinski definition) is 4. The summed E-state index contributed by atoms with van der Waals surface area (Å²) in [5.41, 5.74) is 14.4. The molecule has 45 heavy (non-hydrogen) atoms. The summed E-state index contributed by atoms with van der Waals surface area (Å²) in [5.74, 6) is 1.90. The van der Waals surface area contributed by atoms with E-state index in [1.165, 1.54) is 0 Å². The van der Waals surface area contributed by atoms with Gasteiger partial charge in [-0.15, -0.1) is 0 Å². The number of aromatic nitrogens is 5. The molecule has 0 bridgehead atoms. The zero-order chi connectivity index (χ0) is 30.9. The van der Waals surface area contributed by atoms with Crippen molar-refractivity contribution in [2.75, 3.05) is 68.8 Å². The van der Waals surface area contributed by atoms with Crippen molar-refractivity contribution in [2.24, 2.45) is 10.7 Å². The lowest BCUT2D eigenvalue weighted by atomic mass is 9.96. The first-order valence-corrected chi connectivity index (χ1v) is 17.1. The summed E-state index contributed by atoms with van der Waals surface area (Å²) in [7, 11) is 1.24. The van der Waals surface area contributed by atoms with Crippen LogP contribution in [-0.2, 0) is 11.2 Å². The first kappa shape index (κ1) is 28.9. The molecule has 0 amide bonds. The van der Waals surface area contributed by atoms with Crippen molar-refractivity contribution in [3.8, 4) is 5.75 Å². The monoisotopic (exact) mass is 622 g/mol. The van der Waals surface area contributed by atoms with E-state index in [4.69, 9.17) is 25.2 Å². The average Bonchev–Trinajstić information content (AvgIpc) is 3.74. The Hall–Kier alpha value is -4.80. The number of rotatable bonds is 8. The Labute approximate surface area is 261 Å². The molecule has 1 fully saturated rings. The van der Waals surface area contributed by atoms with E-state index >= 15 is 0 Å². The number of morpholine rings is 1. The van der Waals surface area contributed by atoms with Crippen molar-refractivity contribution >= 4 is 75.9 Å².